The lowest BCUT2D eigenvalue weighted by molar-refractivity contribution is -0.116. The van der Waals surface area contributed by atoms with E-state index in [9.17, 15) is 9.90 Å². The Bertz CT molecular complexity index is 870. The summed E-state index contributed by atoms with van der Waals surface area (Å²) in [7, 11) is 0. The second-order valence-corrected chi connectivity index (χ2v) is 6.47. The highest BCUT2D eigenvalue weighted by Gasteiger charge is 2.34. The van der Waals surface area contributed by atoms with Crippen molar-refractivity contribution in [3.63, 3.8) is 0 Å². The molecule has 0 saturated carbocycles. The van der Waals surface area contributed by atoms with Crippen LogP contribution < -0.4 is 0 Å². The molecule has 3 heteroatoms. The van der Waals surface area contributed by atoms with Gasteiger partial charge in [-0.3, -0.25) is 4.79 Å². The van der Waals surface area contributed by atoms with E-state index in [1.165, 1.54) is 0 Å². The molecule has 2 nitrogen and oxygen atoms in total. The average molecular weight is 337 g/mol. The smallest absolute Gasteiger partial charge is 0.171 e. The number of terminal acetylenes is 1. The zero-order chi connectivity index (χ0) is 17.3. The van der Waals surface area contributed by atoms with Gasteiger partial charge in [-0.25, -0.2) is 0 Å². The lowest BCUT2D eigenvalue weighted by Crippen LogP contribution is -2.09. The second kappa shape index (κ2) is 6.55. The fourth-order valence-electron chi connectivity index (χ4n) is 3.08. The van der Waals surface area contributed by atoms with Gasteiger partial charge in [0.15, 0.2) is 5.78 Å². The van der Waals surface area contributed by atoms with E-state index in [0.29, 0.717) is 23.4 Å². The Morgan fingerprint density at radius 2 is 1.88 bits per heavy atom. The maximum Gasteiger partial charge on any atom is 0.171 e. The van der Waals surface area contributed by atoms with Crippen LogP contribution in [0, 0.1) is 25.2 Å². The van der Waals surface area contributed by atoms with Crippen molar-refractivity contribution in [2.45, 2.75) is 19.8 Å². The summed E-state index contributed by atoms with van der Waals surface area (Å²) < 4.78 is 0. The van der Waals surface area contributed by atoms with Crippen molar-refractivity contribution in [3.8, 4) is 23.5 Å². The maximum atomic E-state index is 12.6. The Morgan fingerprint density at radius 1 is 1.21 bits per heavy atom. The molecule has 1 aliphatic rings. The number of aliphatic hydroxyl groups excluding tert-OH is 1. The summed E-state index contributed by atoms with van der Waals surface area (Å²) in [6, 6.07) is 13.4. The first-order valence-corrected chi connectivity index (χ1v) is 8.16. The van der Waals surface area contributed by atoms with Crippen molar-refractivity contribution >= 4 is 23.0 Å². The Hall–Kier alpha value is -2.50. The van der Waals surface area contributed by atoms with E-state index in [1.54, 1.807) is 0 Å². The van der Waals surface area contributed by atoms with E-state index in [0.717, 1.165) is 22.3 Å². The van der Waals surface area contributed by atoms with E-state index < -0.39 is 0 Å². The van der Waals surface area contributed by atoms with Crippen molar-refractivity contribution in [2.24, 2.45) is 5.92 Å². The van der Waals surface area contributed by atoms with Crippen LogP contribution in [0.4, 0.5) is 0 Å². The van der Waals surface area contributed by atoms with E-state index in [-0.39, 0.29) is 17.5 Å². The van der Waals surface area contributed by atoms with Crippen LogP contribution in [0.5, 0.6) is 0 Å². The van der Waals surface area contributed by atoms with Crippen LogP contribution in [0.1, 0.15) is 24.0 Å². The molecule has 2 aromatic rings. The highest BCUT2D eigenvalue weighted by Crippen LogP contribution is 2.37. The molecule has 1 aliphatic carbocycles. The van der Waals surface area contributed by atoms with Crippen molar-refractivity contribution in [3.05, 3.63) is 64.4 Å². The summed E-state index contributed by atoms with van der Waals surface area (Å²) in [5, 5.41) is 11.0. The number of carbonyl (C=O) groups is 1. The van der Waals surface area contributed by atoms with Gasteiger partial charge in [0, 0.05) is 23.8 Å². The number of halogens is 1. The average Bonchev–Trinajstić information content (AvgIpc) is 2.84. The molecule has 0 amide bonds. The molecule has 0 bridgehead atoms. The predicted molar refractivity (Wildman–Crippen MR) is 97.7 cm³/mol. The minimum Gasteiger partial charge on any atom is -0.512 e. The number of hydrogen-bond donors (Lipinski definition) is 1. The first kappa shape index (κ1) is 16.4. The first-order valence-electron chi connectivity index (χ1n) is 7.78. The Morgan fingerprint density at radius 3 is 2.54 bits per heavy atom. The fraction of sp³-hybridized carbons (Fsp3) is 0.190. The molecule has 24 heavy (non-hydrogen) atoms. The Kier molecular flexibility index (Phi) is 4.46. The topological polar surface area (TPSA) is 37.3 Å². The molecule has 0 aliphatic heterocycles. The molecule has 1 atom stereocenters. The molecule has 0 radical (unpaired) electrons. The highest BCUT2D eigenvalue weighted by atomic mass is 35.5. The van der Waals surface area contributed by atoms with Crippen LogP contribution in [-0.4, -0.2) is 10.9 Å². The van der Waals surface area contributed by atoms with Crippen LogP contribution in [-0.2, 0) is 4.79 Å². The fourth-order valence-corrected chi connectivity index (χ4v) is 3.21. The number of aryl methyl sites for hydroxylation is 1. The summed E-state index contributed by atoms with van der Waals surface area (Å²) in [6.07, 6.45) is 6.00. The molecule has 0 fully saturated rings. The van der Waals surface area contributed by atoms with Gasteiger partial charge in [-0.05, 0) is 47.4 Å². The standard InChI is InChI=1S/C21H17ClO2/c1-3-4-16-12-19(23)20(21(16)24)18-11-15(6-5-13(18)2)14-7-9-17(22)10-8-14/h1,5-11,16,23H,4,12H2,2H3. The Labute approximate surface area is 146 Å². The molecular formula is C21H17ClO2. The van der Waals surface area contributed by atoms with Crippen LogP contribution in [0.25, 0.3) is 16.7 Å². The van der Waals surface area contributed by atoms with Crippen molar-refractivity contribution in [1.29, 1.82) is 0 Å². The maximum absolute atomic E-state index is 12.6. The number of carbonyl (C=O) groups excluding carboxylic acids is 1. The van der Waals surface area contributed by atoms with Crippen LogP contribution in [0.15, 0.2) is 48.2 Å². The predicted octanol–water partition coefficient (Wildman–Crippen LogP) is 5.20. The van der Waals surface area contributed by atoms with E-state index >= 15 is 0 Å². The minimum atomic E-state index is -0.316. The van der Waals surface area contributed by atoms with Gasteiger partial charge in [0.25, 0.3) is 0 Å². The monoisotopic (exact) mass is 336 g/mol. The minimum absolute atomic E-state index is 0.0678. The molecule has 2 aromatic carbocycles. The van der Waals surface area contributed by atoms with Crippen LogP contribution in [0.2, 0.25) is 5.02 Å². The van der Waals surface area contributed by atoms with Gasteiger partial charge in [0.1, 0.15) is 5.76 Å². The van der Waals surface area contributed by atoms with E-state index in [2.05, 4.69) is 5.92 Å². The third kappa shape index (κ3) is 2.96. The summed E-state index contributed by atoms with van der Waals surface area (Å²) >= 11 is 5.94. The number of rotatable bonds is 3. The van der Waals surface area contributed by atoms with E-state index in [4.69, 9.17) is 18.0 Å². The van der Waals surface area contributed by atoms with Gasteiger partial charge in [0.2, 0.25) is 0 Å². The SMILES string of the molecule is C#CCC1CC(O)=C(c2cc(-c3ccc(Cl)cc3)ccc2C)C1=O. The summed E-state index contributed by atoms with van der Waals surface area (Å²) in [5.41, 5.74) is 4.10. The second-order valence-electron chi connectivity index (χ2n) is 6.03. The summed E-state index contributed by atoms with van der Waals surface area (Å²) in [4.78, 5) is 12.6. The third-order valence-corrected chi connectivity index (χ3v) is 4.65. The quantitative estimate of drug-likeness (QED) is 0.782. The van der Waals surface area contributed by atoms with Crippen LogP contribution in [0.3, 0.4) is 0 Å². The van der Waals surface area contributed by atoms with Gasteiger partial charge in [-0.1, -0.05) is 35.9 Å². The number of aliphatic hydroxyl groups is 1. The van der Waals surface area contributed by atoms with Crippen molar-refractivity contribution in [2.75, 3.05) is 0 Å². The molecule has 0 spiro atoms. The lowest BCUT2D eigenvalue weighted by Gasteiger charge is -2.11. The zero-order valence-electron chi connectivity index (χ0n) is 13.3. The Balaban J connectivity index is 2.04. The molecule has 0 heterocycles. The van der Waals surface area contributed by atoms with Gasteiger partial charge in [0.05, 0.1) is 5.57 Å². The van der Waals surface area contributed by atoms with Gasteiger partial charge >= 0.3 is 0 Å². The summed E-state index contributed by atoms with van der Waals surface area (Å²) in [6.45, 7) is 1.93. The van der Waals surface area contributed by atoms with Crippen LogP contribution >= 0.6 is 11.6 Å². The zero-order valence-corrected chi connectivity index (χ0v) is 14.1. The molecule has 1 N–H and O–H groups in total. The van der Waals surface area contributed by atoms with Gasteiger partial charge < -0.3 is 5.11 Å². The number of ketones is 1. The summed E-state index contributed by atoms with van der Waals surface area (Å²) in [5.74, 6) is 2.27. The number of allylic oxidation sites excluding steroid dienone is 2. The molecular weight excluding hydrogens is 320 g/mol. The molecule has 1 unspecified atom stereocenters. The lowest BCUT2D eigenvalue weighted by atomic mass is 9.92. The number of Topliss-reactive ketones (excluding diaryl/α,β-unsaturated/α-hetero) is 1. The number of hydrogen-bond acceptors (Lipinski definition) is 2. The molecule has 0 saturated heterocycles. The molecule has 0 aromatic heterocycles. The number of benzene rings is 2. The third-order valence-electron chi connectivity index (χ3n) is 4.39. The molecule has 120 valence electrons. The largest absolute Gasteiger partial charge is 0.512 e. The molecule has 3 rings (SSSR count). The van der Waals surface area contributed by atoms with E-state index in [1.807, 2.05) is 49.4 Å². The highest BCUT2D eigenvalue weighted by molar-refractivity contribution is 6.30. The normalized spacial score (nSPS) is 17.2. The van der Waals surface area contributed by atoms with Crippen molar-refractivity contribution in [1.82, 2.24) is 0 Å². The van der Waals surface area contributed by atoms with Gasteiger partial charge in [-0.2, -0.15) is 0 Å². The van der Waals surface area contributed by atoms with Gasteiger partial charge in [-0.15, -0.1) is 12.3 Å². The first-order chi connectivity index (χ1) is 11.5. The van der Waals surface area contributed by atoms with Crippen molar-refractivity contribution < 1.29 is 9.90 Å².